The van der Waals surface area contributed by atoms with Gasteiger partial charge < -0.3 is 24.4 Å². The summed E-state index contributed by atoms with van der Waals surface area (Å²) in [5, 5.41) is 11.6. The fourth-order valence-electron chi connectivity index (χ4n) is 6.02. The smallest absolute Gasteiger partial charge is 0.336 e. The third-order valence-electron chi connectivity index (χ3n) is 7.93. The van der Waals surface area contributed by atoms with Gasteiger partial charge in [0.15, 0.2) is 17.3 Å². The number of pyridine rings is 1. The maximum atomic E-state index is 16.6. The van der Waals surface area contributed by atoms with Gasteiger partial charge in [0.1, 0.15) is 29.1 Å². The van der Waals surface area contributed by atoms with E-state index in [2.05, 4.69) is 16.6 Å². The summed E-state index contributed by atoms with van der Waals surface area (Å²) in [5.74, 6) is -3.14. The van der Waals surface area contributed by atoms with Gasteiger partial charge in [-0.2, -0.15) is 0 Å². The molecule has 2 unspecified atom stereocenters. The number of aliphatic imine (C=N–C) groups is 1. The van der Waals surface area contributed by atoms with Crippen LogP contribution in [0.25, 0.3) is 11.1 Å². The van der Waals surface area contributed by atoms with E-state index < -0.39 is 35.7 Å². The fraction of sp³-hybridized carbons (Fsp3) is 0.267. The van der Waals surface area contributed by atoms with Gasteiger partial charge in [-0.3, -0.25) is 14.7 Å². The number of anilines is 2. The highest BCUT2D eigenvalue weighted by Gasteiger charge is 2.47. The molecule has 1 N–H and O–H groups in total. The summed E-state index contributed by atoms with van der Waals surface area (Å²) in [7, 11) is 0. The summed E-state index contributed by atoms with van der Waals surface area (Å²) in [4.78, 5) is 39.5. The van der Waals surface area contributed by atoms with Gasteiger partial charge in [-0.25, -0.2) is 18.6 Å². The van der Waals surface area contributed by atoms with E-state index in [1.807, 2.05) is 13.8 Å². The Labute approximate surface area is 239 Å². The van der Waals surface area contributed by atoms with E-state index in [-0.39, 0.29) is 71.2 Å². The largest absolute Gasteiger partial charge is 0.454 e. The van der Waals surface area contributed by atoms with Gasteiger partial charge in [-0.15, -0.1) is 0 Å². The average molecular weight is 574 g/mol. The van der Waals surface area contributed by atoms with E-state index in [0.717, 1.165) is 6.08 Å². The molecule has 1 aromatic heterocycles. The van der Waals surface area contributed by atoms with Crippen molar-refractivity contribution >= 4 is 29.1 Å². The lowest BCUT2D eigenvalue weighted by molar-refractivity contribution is -0.142. The Morgan fingerprint density at radius 3 is 2.74 bits per heavy atom. The Kier molecular flexibility index (Phi) is 5.80. The van der Waals surface area contributed by atoms with Crippen LogP contribution in [0, 0.1) is 11.6 Å². The maximum Gasteiger partial charge on any atom is 0.336 e. The van der Waals surface area contributed by atoms with Crippen LogP contribution >= 0.6 is 0 Å². The highest BCUT2D eigenvalue weighted by atomic mass is 19.1. The van der Waals surface area contributed by atoms with Crippen molar-refractivity contribution in [2.75, 3.05) is 24.5 Å². The molecule has 12 heteroatoms. The number of halogens is 2. The molecule has 4 aliphatic heterocycles. The van der Waals surface area contributed by atoms with Gasteiger partial charge in [-0.1, -0.05) is 26.5 Å². The molecule has 1 amide bonds. The average Bonchev–Trinajstić information content (AvgIpc) is 3.05. The van der Waals surface area contributed by atoms with E-state index in [0.29, 0.717) is 11.4 Å². The molecule has 2 bridgehead atoms. The first-order valence-electron chi connectivity index (χ1n) is 13.5. The number of aliphatic hydroxyl groups is 1. The molecule has 0 spiro atoms. The number of amides is 1. The minimum absolute atomic E-state index is 0.0228. The van der Waals surface area contributed by atoms with Crippen molar-refractivity contribution in [3.63, 3.8) is 0 Å². The summed E-state index contributed by atoms with van der Waals surface area (Å²) >= 11 is 0. The molecule has 42 heavy (non-hydrogen) atoms. The maximum absolute atomic E-state index is 16.6. The molecule has 4 aliphatic rings. The van der Waals surface area contributed by atoms with E-state index in [9.17, 15) is 14.7 Å². The molecular formula is C30H25F2N5O5. The molecule has 7 rings (SSSR count). The number of fused-ring (bicyclic) bond motifs is 7. The van der Waals surface area contributed by atoms with E-state index >= 15 is 8.78 Å². The Morgan fingerprint density at radius 2 is 1.98 bits per heavy atom. The Balaban J connectivity index is 1.55. The number of carbonyl (C=O) groups is 2. The Morgan fingerprint density at radius 1 is 1.17 bits per heavy atom. The molecule has 0 aliphatic carbocycles. The summed E-state index contributed by atoms with van der Waals surface area (Å²) in [6.07, 6.45) is 1.14. The summed E-state index contributed by atoms with van der Waals surface area (Å²) < 4.78 is 44.0. The minimum atomic E-state index is -1.56. The third kappa shape index (κ3) is 3.64. The summed E-state index contributed by atoms with van der Waals surface area (Å²) in [5.41, 5.74) is 0.846. The van der Waals surface area contributed by atoms with Crippen LogP contribution < -0.4 is 14.4 Å². The first-order valence-corrected chi connectivity index (χ1v) is 13.5. The zero-order valence-corrected chi connectivity index (χ0v) is 22.7. The van der Waals surface area contributed by atoms with Crippen LogP contribution in [0.15, 0.2) is 54.2 Å². The second-order valence-electron chi connectivity index (χ2n) is 10.7. The van der Waals surface area contributed by atoms with Crippen molar-refractivity contribution in [1.29, 1.82) is 0 Å². The number of esters is 1. The van der Waals surface area contributed by atoms with Crippen molar-refractivity contribution in [2.24, 2.45) is 4.99 Å². The lowest BCUT2D eigenvalue weighted by Gasteiger charge is -2.42. The zero-order chi connectivity index (χ0) is 29.4. The van der Waals surface area contributed by atoms with Crippen molar-refractivity contribution in [1.82, 2.24) is 14.8 Å². The standard InChI is InChI=1S/C30H25F2N5O5/c1-4-21(38)35-10-11-36-18(13-35)29(39)42-27-23-17-12-15(24(27)32)22-16(31)6-5-7-19(22)41-20-8-9-33-25(14(2)3)26(20)37(17)30(40)34-28(23)36/h4-9,12,14,18,30,40H,1,10-11,13H2,2-3H3. The number of rotatable bonds is 2. The number of hydrogen-bond donors (Lipinski definition) is 1. The quantitative estimate of drug-likeness (QED) is 0.278. The number of ether oxygens (including phenoxy) is 2. The van der Waals surface area contributed by atoms with Crippen LogP contribution in [0.4, 0.5) is 20.2 Å². The van der Waals surface area contributed by atoms with Crippen LogP contribution in [-0.4, -0.2) is 69.6 Å². The molecule has 3 aromatic rings. The van der Waals surface area contributed by atoms with Gasteiger partial charge in [-0.05, 0) is 30.2 Å². The van der Waals surface area contributed by atoms with Crippen molar-refractivity contribution in [2.45, 2.75) is 32.2 Å². The van der Waals surface area contributed by atoms with Crippen molar-refractivity contribution < 1.29 is 33.0 Å². The van der Waals surface area contributed by atoms with Gasteiger partial charge in [0.2, 0.25) is 12.3 Å². The van der Waals surface area contributed by atoms with Crippen LogP contribution in [-0.2, 0) is 9.59 Å². The van der Waals surface area contributed by atoms with Crippen LogP contribution in [0.5, 0.6) is 17.2 Å². The molecule has 10 nitrogen and oxygen atoms in total. The predicted molar refractivity (Wildman–Crippen MR) is 148 cm³/mol. The normalized spacial score (nSPS) is 20.1. The van der Waals surface area contributed by atoms with Crippen molar-refractivity contribution in [3.05, 3.63) is 72.1 Å². The van der Waals surface area contributed by atoms with Crippen LogP contribution in [0.1, 0.15) is 31.0 Å². The zero-order valence-electron chi connectivity index (χ0n) is 22.7. The highest BCUT2D eigenvalue weighted by molar-refractivity contribution is 6.12. The molecule has 2 aromatic carbocycles. The fourth-order valence-corrected chi connectivity index (χ4v) is 6.02. The summed E-state index contributed by atoms with van der Waals surface area (Å²) in [6, 6.07) is 6.09. The number of carbonyl (C=O) groups excluding carboxylic acids is 2. The topological polar surface area (TPSA) is 108 Å². The molecule has 5 heterocycles. The van der Waals surface area contributed by atoms with Crippen LogP contribution in [0.2, 0.25) is 0 Å². The van der Waals surface area contributed by atoms with Gasteiger partial charge in [0, 0.05) is 30.9 Å². The molecule has 214 valence electrons. The van der Waals surface area contributed by atoms with E-state index in [1.54, 1.807) is 17.2 Å². The third-order valence-corrected chi connectivity index (χ3v) is 7.93. The number of aromatic nitrogens is 1. The van der Waals surface area contributed by atoms with Gasteiger partial charge in [0.05, 0.1) is 29.1 Å². The predicted octanol–water partition coefficient (Wildman–Crippen LogP) is 4.05. The van der Waals surface area contributed by atoms with Crippen LogP contribution in [0.3, 0.4) is 0 Å². The lowest BCUT2D eigenvalue weighted by Crippen LogP contribution is -2.60. The van der Waals surface area contributed by atoms with Crippen molar-refractivity contribution in [3.8, 4) is 28.4 Å². The number of benzene rings is 2. The molecule has 0 saturated carbocycles. The SMILES string of the molecule is C=CC(=O)N1CCN2C3=NC(O)N4c5cc(c(F)c(c53)OC(=O)C2C1)-c1c(F)cccc1Oc1ccnc(C(C)C)c14. The number of nitrogens with zero attached hydrogens (tertiary/aromatic N) is 5. The monoisotopic (exact) mass is 573 g/mol. The van der Waals surface area contributed by atoms with E-state index in [4.69, 9.17) is 9.47 Å². The Bertz CT molecular complexity index is 1740. The van der Waals surface area contributed by atoms with Gasteiger partial charge in [0.25, 0.3) is 0 Å². The molecule has 1 saturated heterocycles. The number of hydrogen-bond acceptors (Lipinski definition) is 9. The minimum Gasteiger partial charge on any atom is -0.454 e. The first kappa shape index (κ1) is 26.1. The second-order valence-corrected chi connectivity index (χ2v) is 10.7. The number of amidine groups is 1. The number of aliphatic hydroxyl groups excluding tert-OH is 1. The molecular weight excluding hydrogens is 548 g/mol. The van der Waals surface area contributed by atoms with E-state index in [1.165, 1.54) is 34.1 Å². The second kappa shape index (κ2) is 9.35. The first-order chi connectivity index (χ1) is 20.2. The Hall–Kier alpha value is -4.84. The van der Waals surface area contributed by atoms with Gasteiger partial charge >= 0.3 is 5.97 Å². The summed E-state index contributed by atoms with van der Waals surface area (Å²) in [6.45, 7) is 7.68. The lowest BCUT2D eigenvalue weighted by atomic mass is 9.96. The molecule has 2 atom stereocenters. The molecule has 0 radical (unpaired) electrons. The molecule has 1 fully saturated rings. The highest BCUT2D eigenvalue weighted by Crippen LogP contribution is 2.53. The number of piperazine rings is 1.